The molecule has 0 fully saturated rings. The van der Waals surface area contributed by atoms with Gasteiger partial charge in [0.1, 0.15) is 11.6 Å². The molecule has 0 heterocycles. The second-order valence-corrected chi connectivity index (χ2v) is 11.5. The van der Waals surface area contributed by atoms with Crippen LogP contribution >= 0.6 is 0 Å². The second-order valence-electron chi connectivity index (χ2n) is 11.5. The molecule has 0 radical (unpaired) electrons. The van der Waals surface area contributed by atoms with Gasteiger partial charge in [-0.2, -0.15) is 0 Å². The van der Waals surface area contributed by atoms with Crippen molar-refractivity contribution in [1.82, 2.24) is 15.5 Å². The average molecular weight is 546 g/mol. The van der Waals surface area contributed by atoms with Crippen molar-refractivity contribution < 1.29 is 23.5 Å². The highest BCUT2D eigenvalue weighted by atomic mass is 19.1. The Hall–Kier alpha value is -2.84. The van der Waals surface area contributed by atoms with Crippen LogP contribution in [0.5, 0.6) is 0 Å². The summed E-state index contributed by atoms with van der Waals surface area (Å²) in [6.07, 6.45) is 1.56. The number of benzene rings is 2. The lowest BCUT2D eigenvalue weighted by Gasteiger charge is -2.26. The predicted molar refractivity (Wildman–Crippen MR) is 152 cm³/mol. The van der Waals surface area contributed by atoms with Crippen molar-refractivity contribution in [2.45, 2.75) is 79.4 Å². The smallest absolute Gasteiger partial charge is 0.253 e. The lowest BCUT2D eigenvalue weighted by molar-refractivity contribution is 0.0755. The number of aliphatic hydroxyl groups excluding tert-OH is 1. The number of carbonyl (C=O) groups excluding carboxylic acids is 2. The number of hydrogen-bond donors (Lipinski definition) is 3. The molecular formula is C31H45F2N3O3. The Bertz CT molecular complexity index is 1070. The van der Waals surface area contributed by atoms with Gasteiger partial charge in [-0.15, -0.1) is 0 Å². The molecule has 6 nitrogen and oxygen atoms in total. The van der Waals surface area contributed by atoms with Gasteiger partial charge in [-0.25, -0.2) is 8.78 Å². The molecule has 0 saturated carbocycles. The van der Waals surface area contributed by atoms with E-state index in [1.165, 1.54) is 12.1 Å². The lowest BCUT2D eigenvalue weighted by atomic mass is 9.92. The number of carbonyl (C=O) groups is 2. The van der Waals surface area contributed by atoms with Crippen molar-refractivity contribution in [3.8, 4) is 0 Å². The van der Waals surface area contributed by atoms with E-state index in [1.807, 2.05) is 20.8 Å². The molecule has 8 heteroatoms. The van der Waals surface area contributed by atoms with Crippen LogP contribution in [0.2, 0.25) is 0 Å². The van der Waals surface area contributed by atoms with Gasteiger partial charge in [-0.1, -0.05) is 34.6 Å². The zero-order valence-corrected chi connectivity index (χ0v) is 24.2. The van der Waals surface area contributed by atoms with E-state index in [9.17, 15) is 23.5 Å². The molecule has 2 aromatic carbocycles. The van der Waals surface area contributed by atoms with Crippen LogP contribution in [0, 0.1) is 24.0 Å². The van der Waals surface area contributed by atoms with Gasteiger partial charge in [0.05, 0.1) is 12.1 Å². The van der Waals surface area contributed by atoms with Crippen LogP contribution in [0.4, 0.5) is 8.78 Å². The van der Waals surface area contributed by atoms with Crippen LogP contribution in [0.1, 0.15) is 85.7 Å². The van der Waals surface area contributed by atoms with Gasteiger partial charge >= 0.3 is 0 Å². The maximum absolute atomic E-state index is 13.9. The van der Waals surface area contributed by atoms with Crippen LogP contribution in [0.25, 0.3) is 0 Å². The van der Waals surface area contributed by atoms with Crippen LogP contribution in [0.15, 0.2) is 36.4 Å². The Morgan fingerprint density at radius 2 is 1.54 bits per heavy atom. The summed E-state index contributed by atoms with van der Waals surface area (Å²) in [6, 6.07) is 7.37. The summed E-state index contributed by atoms with van der Waals surface area (Å²) in [5, 5.41) is 17.1. The SMILES string of the molecule is CCCN(CCC)C(=O)c1cc(C)cc(C(=O)N[C@@H](Cc2cc(F)cc(F)c2)[C@H](O)CNCCC(C)(C)C)c1. The fraction of sp³-hybridized carbons (Fsp3) is 0.548. The van der Waals surface area contributed by atoms with E-state index in [-0.39, 0.29) is 29.9 Å². The van der Waals surface area contributed by atoms with E-state index in [2.05, 4.69) is 31.4 Å². The highest BCUT2D eigenvalue weighted by Gasteiger charge is 2.24. The van der Waals surface area contributed by atoms with E-state index in [1.54, 1.807) is 23.1 Å². The largest absolute Gasteiger partial charge is 0.390 e. The van der Waals surface area contributed by atoms with E-state index in [0.717, 1.165) is 30.9 Å². The number of aliphatic hydroxyl groups is 1. The minimum absolute atomic E-state index is 0.0287. The third kappa shape index (κ3) is 11.0. The number of rotatable bonds is 14. The molecule has 0 spiro atoms. The molecule has 0 saturated heterocycles. The first-order valence-electron chi connectivity index (χ1n) is 13.9. The minimum atomic E-state index is -1.02. The van der Waals surface area contributed by atoms with Crippen molar-refractivity contribution in [2.75, 3.05) is 26.2 Å². The third-order valence-electron chi connectivity index (χ3n) is 6.42. The lowest BCUT2D eigenvalue weighted by Crippen LogP contribution is -2.49. The zero-order chi connectivity index (χ0) is 29.2. The summed E-state index contributed by atoms with van der Waals surface area (Å²) >= 11 is 0. The van der Waals surface area contributed by atoms with Crippen molar-refractivity contribution in [3.63, 3.8) is 0 Å². The van der Waals surface area contributed by atoms with Crippen LogP contribution in [-0.2, 0) is 6.42 Å². The van der Waals surface area contributed by atoms with Gasteiger partial charge in [0.15, 0.2) is 0 Å². The Balaban J connectivity index is 2.27. The molecule has 216 valence electrons. The van der Waals surface area contributed by atoms with Crippen LogP contribution in [-0.4, -0.2) is 60.1 Å². The summed E-state index contributed by atoms with van der Waals surface area (Å²) in [5.74, 6) is -2.05. The molecule has 0 aromatic heterocycles. The average Bonchev–Trinajstić information content (AvgIpc) is 2.84. The van der Waals surface area contributed by atoms with Crippen LogP contribution in [0.3, 0.4) is 0 Å². The first-order chi connectivity index (χ1) is 18.3. The summed E-state index contributed by atoms with van der Waals surface area (Å²) in [7, 11) is 0. The molecule has 0 aliphatic heterocycles. The third-order valence-corrected chi connectivity index (χ3v) is 6.42. The second kappa shape index (κ2) is 15.1. The topological polar surface area (TPSA) is 81.7 Å². The maximum Gasteiger partial charge on any atom is 0.253 e. The first-order valence-corrected chi connectivity index (χ1v) is 13.9. The van der Waals surface area contributed by atoms with Gasteiger partial charge < -0.3 is 20.6 Å². The quantitative estimate of drug-likeness (QED) is 0.283. The number of nitrogens with one attached hydrogen (secondary N) is 2. The highest BCUT2D eigenvalue weighted by molar-refractivity contribution is 6.00. The van der Waals surface area contributed by atoms with Gasteiger partial charge in [0.2, 0.25) is 0 Å². The van der Waals surface area contributed by atoms with Gasteiger partial charge in [-0.3, -0.25) is 9.59 Å². The fourth-order valence-corrected chi connectivity index (χ4v) is 4.45. The summed E-state index contributed by atoms with van der Waals surface area (Å²) in [4.78, 5) is 28.3. The molecule has 2 atom stereocenters. The van der Waals surface area contributed by atoms with Crippen molar-refractivity contribution >= 4 is 11.8 Å². The number of nitrogens with zero attached hydrogens (tertiary/aromatic N) is 1. The van der Waals surface area contributed by atoms with E-state index in [0.29, 0.717) is 30.8 Å². The van der Waals surface area contributed by atoms with Crippen molar-refractivity contribution in [1.29, 1.82) is 0 Å². The molecule has 0 aliphatic rings. The summed E-state index contributed by atoms with van der Waals surface area (Å²) < 4.78 is 27.7. The van der Waals surface area contributed by atoms with Gasteiger partial charge in [0, 0.05) is 36.8 Å². The maximum atomic E-state index is 13.9. The van der Waals surface area contributed by atoms with Gasteiger partial charge in [0.25, 0.3) is 11.8 Å². The number of halogens is 2. The molecule has 0 bridgehead atoms. The molecule has 0 aliphatic carbocycles. The standard InChI is InChI=1S/C31H45F2N3O3/c1-7-11-36(12-8-2)30(39)24-14-21(3)13-23(18-24)29(38)35-27(17-22-15-25(32)19-26(33)16-22)28(37)20-34-10-9-31(4,5)6/h13-16,18-19,27-28,34,37H,7-12,17,20H2,1-6H3,(H,35,38)/t27-,28+/m0/s1. The highest BCUT2D eigenvalue weighted by Crippen LogP contribution is 2.18. The fourth-order valence-electron chi connectivity index (χ4n) is 4.45. The number of hydrogen-bond acceptors (Lipinski definition) is 4. The molecule has 2 amide bonds. The molecule has 3 N–H and O–H groups in total. The summed E-state index contributed by atoms with van der Waals surface area (Å²) in [5.41, 5.74) is 1.91. The molecule has 39 heavy (non-hydrogen) atoms. The van der Waals surface area contributed by atoms with Crippen molar-refractivity contribution in [3.05, 3.63) is 70.3 Å². The molecule has 2 aromatic rings. The Kier molecular flexibility index (Phi) is 12.5. The normalized spacial score (nSPS) is 13.2. The first kappa shape index (κ1) is 32.4. The summed E-state index contributed by atoms with van der Waals surface area (Å²) in [6.45, 7) is 14.3. The van der Waals surface area contributed by atoms with Crippen LogP contribution < -0.4 is 10.6 Å². The van der Waals surface area contributed by atoms with E-state index >= 15 is 0 Å². The predicted octanol–water partition coefficient (Wildman–Crippen LogP) is 5.26. The molecule has 0 unspecified atom stereocenters. The molecule has 2 rings (SSSR count). The zero-order valence-electron chi connectivity index (χ0n) is 24.2. The minimum Gasteiger partial charge on any atom is -0.390 e. The monoisotopic (exact) mass is 545 g/mol. The Morgan fingerprint density at radius 3 is 2.10 bits per heavy atom. The number of aryl methyl sites for hydroxylation is 1. The number of amides is 2. The van der Waals surface area contributed by atoms with Crippen molar-refractivity contribution in [2.24, 2.45) is 5.41 Å². The Morgan fingerprint density at radius 1 is 0.949 bits per heavy atom. The van der Waals surface area contributed by atoms with E-state index < -0.39 is 29.7 Å². The Labute approximate surface area is 232 Å². The molecular weight excluding hydrogens is 500 g/mol. The van der Waals surface area contributed by atoms with E-state index in [4.69, 9.17) is 0 Å². The van der Waals surface area contributed by atoms with Gasteiger partial charge in [-0.05, 0) is 86.0 Å².